The van der Waals surface area contributed by atoms with E-state index in [2.05, 4.69) is 17.4 Å². The van der Waals surface area contributed by atoms with Gasteiger partial charge in [0, 0.05) is 37.6 Å². The fourth-order valence-electron chi connectivity index (χ4n) is 3.46. The highest BCUT2D eigenvalue weighted by atomic mass is 32.2. The summed E-state index contributed by atoms with van der Waals surface area (Å²) in [5.74, 6) is 1.85. The number of nitrogens with zero attached hydrogens (tertiary/aromatic N) is 1. The van der Waals surface area contributed by atoms with Crippen molar-refractivity contribution in [1.29, 1.82) is 0 Å². The zero-order valence-electron chi connectivity index (χ0n) is 17.3. The van der Waals surface area contributed by atoms with Crippen LogP contribution in [0.4, 0.5) is 0 Å². The smallest absolute Gasteiger partial charge is 0.243 e. The highest BCUT2D eigenvalue weighted by molar-refractivity contribution is 7.98. The highest BCUT2D eigenvalue weighted by Gasteiger charge is 2.25. The summed E-state index contributed by atoms with van der Waals surface area (Å²) in [5.41, 5.74) is 2.26. The predicted octanol–water partition coefficient (Wildman–Crippen LogP) is 3.84. The van der Waals surface area contributed by atoms with Crippen LogP contribution < -0.4 is 5.32 Å². The lowest BCUT2D eigenvalue weighted by atomic mass is 10.1. The lowest BCUT2D eigenvalue weighted by Gasteiger charge is -2.25. The number of amides is 1. The number of rotatable bonds is 10. The normalized spacial score (nSPS) is 15.1. The Morgan fingerprint density at radius 3 is 2.33 bits per heavy atom. The third-order valence-corrected chi connectivity index (χ3v) is 8.14. The second-order valence-corrected chi connectivity index (χ2v) is 10.5. The van der Waals surface area contributed by atoms with Crippen LogP contribution in [0.15, 0.2) is 59.5 Å². The third-order valence-electron chi connectivity index (χ3n) is 5.20. The molecule has 1 fully saturated rings. The van der Waals surface area contributed by atoms with Crippen molar-refractivity contribution in [3.8, 4) is 0 Å². The number of nitrogens with one attached hydrogen (secondary N) is 1. The molecule has 0 radical (unpaired) electrons. The minimum absolute atomic E-state index is 0.0281. The average Bonchev–Trinajstić information content (AvgIpc) is 2.79. The molecule has 2 aromatic carbocycles. The van der Waals surface area contributed by atoms with Gasteiger partial charge in [-0.3, -0.25) is 4.79 Å². The maximum absolute atomic E-state index is 12.7. The SMILES string of the molecule is O=C(CCc1ccc(S(=O)(=O)N2CCCCC2)cc1)NCCSCc1ccccc1. The van der Waals surface area contributed by atoms with E-state index in [4.69, 9.17) is 0 Å². The molecule has 1 saturated heterocycles. The van der Waals surface area contributed by atoms with Crippen molar-refractivity contribution in [3.05, 3.63) is 65.7 Å². The summed E-state index contributed by atoms with van der Waals surface area (Å²) in [6, 6.07) is 17.3. The number of carbonyl (C=O) groups excluding carboxylic acids is 1. The summed E-state index contributed by atoms with van der Waals surface area (Å²) >= 11 is 1.80. The van der Waals surface area contributed by atoms with Crippen molar-refractivity contribution >= 4 is 27.7 Å². The van der Waals surface area contributed by atoms with E-state index in [9.17, 15) is 13.2 Å². The summed E-state index contributed by atoms with van der Waals surface area (Å²) in [6.07, 6.45) is 3.96. The number of aryl methyl sites for hydroxylation is 1. The number of thioether (sulfide) groups is 1. The van der Waals surface area contributed by atoms with Gasteiger partial charge in [0.05, 0.1) is 4.90 Å². The first kappa shape index (κ1) is 22.8. The topological polar surface area (TPSA) is 66.5 Å². The quantitative estimate of drug-likeness (QED) is 0.563. The van der Waals surface area contributed by atoms with E-state index in [0.29, 0.717) is 37.4 Å². The van der Waals surface area contributed by atoms with Gasteiger partial charge in [-0.05, 0) is 42.5 Å². The number of benzene rings is 2. The molecule has 5 nitrogen and oxygen atoms in total. The fraction of sp³-hybridized carbons (Fsp3) is 0.435. The number of hydrogen-bond acceptors (Lipinski definition) is 4. The van der Waals surface area contributed by atoms with Gasteiger partial charge in [0.15, 0.2) is 0 Å². The first-order valence-electron chi connectivity index (χ1n) is 10.5. The van der Waals surface area contributed by atoms with Gasteiger partial charge >= 0.3 is 0 Å². The van der Waals surface area contributed by atoms with Gasteiger partial charge in [-0.1, -0.05) is 48.9 Å². The molecule has 0 unspecified atom stereocenters. The molecular formula is C23H30N2O3S2. The number of sulfonamides is 1. The molecule has 2 aromatic rings. The zero-order chi connectivity index (χ0) is 21.2. The van der Waals surface area contributed by atoms with Gasteiger partial charge in [0.2, 0.25) is 15.9 Å². The molecular weight excluding hydrogens is 416 g/mol. The molecule has 1 amide bonds. The summed E-state index contributed by atoms with van der Waals surface area (Å²) in [7, 11) is -3.40. The van der Waals surface area contributed by atoms with E-state index in [1.807, 2.05) is 30.3 Å². The molecule has 0 bridgehead atoms. The lowest BCUT2D eigenvalue weighted by Crippen LogP contribution is -2.35. The molecule has 0 aliphatic carbocycles. The Morgan fingerprint density at radius 2 is 1.63 bits per heavy atom. The standard InChI is InChI=1S/C23H30N2O3S2/c26-23(24-15-18-29-19-21-7-3-1-4-8-21)14-11-20-9-12-22(13-10-20)30(27,28)25-16-5-2-6-17-25/h1,3-4,7-10,12-13H,2,5-6,11,14-19H2,(H,24,26). The van der Waals surface area contributed by atoms with Gasteiger partial charge in [0.1, 0.15) is 0 Å². The molecule has 7 heteroatoms. The zero-order valence-corrected chi connectivity index (χ0v) is 18.9. The van der Waals surface area contributed by atoms with Crippen LogP contribution in [0.3, 0.4) is 0 Å². The molecule has 3 rings (SSSR count). The van der Waals surface area contributed by atoms with E-state index in [-0.39, 0.29) is 5.91 Å². The van der Waals surface area contributed by atoms with Crippen LogP contribution in [-0.2, 0) is 27.0 Å². The molecule has 0 aromatic heterocycles. The van der Waals surface area contributed by atoms with Crippen molar-refractivity contribution in [3.63, 3.8) is 0 Å². The summed E-state index contributed by atoms with van der Waals surface area (Å²) in [4.78, 5) is 12.4. The van der Waals surface area contributed by atoms with Crippen molar-refractivity contribution in [2.45, 2.75) is 42.8 Å². The first-order chi connectivity index (χ1) is 14.6. The molecule has 1 aliphatic heterocycles. The van der Waals surface area contributed by atoms with Crippen molar-refractivity contribution in [2.24, 2.45) is 0 Å². The molecule has 1 aliphatic rings. The minimum atomic E-state index is -3.40. The predicted molar refractivity (Wildman–Crippen MR) is 123 cm³/mol. The summed E-state index contributed by atoms with van der Waals surface area (Å²) < 4.78 is 27.0. The summed E-state index contributed by atoms with van der Waals surface area (Å²) in [5, 5.41) is 2.96. The average molecular weight is 447 g/mol. The Labute approximate surface area is 184 Å². The first-order valence-corrected chi connectivity index (χ1v) is 13.1. The minimum Gasteiger partial charge on any atom is -0.355 e. The molecule has 1 heterocycles. The molecule has 30 heavy (non-hydrogen) atoms. The van der Waals surface area contributed by atoms with Crippen molar-refractivity contribution in [1.82, 2.24) is 9.62 Å². The maximum Gasteiger partial charge on any atom is 0.243 e. The van der Waals surface area contributed by atoms with Gasteiger partial charge in [-0.25, -0.2) is 8.42 Å². The van der Waals surface area contributed by atoms with E-state index in [1.54, 1.807) is 28.2 Å². The van der Waals surface area contributed by atoms with Crippen LogP contribution in [-0.4, -0.2) is 44.0 Å². The second-order valence-electron chi connectivity index (χ2n) is 7.50. The number of piperidine rings is 1. The van der Waals surface area contributed by atoms with Crippen LogP contribution in [0.25, 0.3) is 0 Å². The van der Waals surface area contributed by atoms with E-state index < -0.39 is 10.0 Å². The Hall–Kier alpha value is -1.83. The van der Waals surface area contributed by atoms with E-state index >= 15 is 0 Å². The maximum atomic E-state index is 12.7. The summed E-state index contributed by atoms with van der Waals surface area (Å²) in [6.45, 7) is 1.87. The monoisotopic (exact) mass is 446 g/mol. The largest absolute Gasteiger partial charge is 0.355 e. The lowest BCUT2D eigenvalue weighted by molar-refractivity contribution is -0.120. The number of hydrogen-bond donors (Lipinski definition) is 1. The highest BCUT2D eigenvalue weighted by Crippen LogP contribution is 2.21. The Kier molecular flexibility index (Phi) is 8.78. The van der Waals surface area contributed by atoms with Gasteiger partial charge in [-0.2, -0.15) is 16.1 Å². The van der Waals surface area contributed by atoms with Crippen LogP contribution >= 0.6 is 11.8 Å². The Morgan fingerprint density at radius 1 is 0.933 bits per heavy atom. The fourth-order valence-corrected chi connectivity index (χ4v) is 5.79. The van der Waals surface area contributed by atoms with Gasteiger partial charge < -0.3 is 5.32 Å². The van der Waals surface area contributed by atoms with Crippen LogP contribution in [0.1, 0.15) is 36.8 Å². The van der Waals surface area contributed by atoms with Crippen molar-refractivity contribution in [2.75, 3.05) is 25.4 Å². The molecule has 0 atom stereocenters. The Balaban J connectivity index is 1.36. The Bertz CT molecular complexity index is 894. The van der Waals surface area contributed by atoms with Gasteiger partial charge in [0.25, 0.3) is 0 Å². The van der Waals surface area contributed by atoms with E-state index in [1.165, 1.54) is 5.56 Å². The molecule has 0 spiro atoms. The molecule has 1 N–H and O–H groups in total. The molecule has 162 valence electrons. The number of carbonyl (C=O) groups is 1. The molecule has 0 saturated carbocycles. The van der Waals surface area contributed by atoms with Crippen LogP contribution in [0.2, 0.25) is 0 Å². The van der Waals surface area contributed by atoms with Crippen LogP contribution in [0.5, 0.6) is 0 Å². The second kappa shape index (κ2) is 11.5. The van der Waals surface area contributed by atoms with Crippen LogP contribution in [0, 0.1) is 0 Å². The van der Waals surface area contributed by atoms with Crippen molar-refractivity contribution < 1.29 is 13.2 Å². The van der Waals surface area contributed by atoms with E-state index in [0.717, 1.165) is 36.3 Å². The third kappa shape index (κ3) is 6.86. The van der Waals surface area contributed by atoms with Gasteiger partial charge in [-0.15, -0.1) is 0 Å².